The molecule has 2 aliphatic rings. The van der Waals surface area contributed by atoms with Crippen molar-refractivity contribution in [3.8, 4) is 0 Å². The first-order valence-electron chi connectivity index (χ1n) is 8.03. The molecule has 3 rings (SSSR count). The van der Waals surface area contributed by atoms with Crippen LogP contribution in [0, 0.1) is 10.1 Å². The quantitative estimate of drug-likeness (QED) is 0.478. The molecule has 2 fully saturated rings. The molecule has 0 N–H and O–H groups in total. The molecule has 2 saturated heterocycles. The van der Waals surface area contributed by atoms with Crippen LogP contribution >= 0.6 is 0 Å². The van der Waals surface area contributed by atoms with Crippen LogP contribution in [0.5, 0.6) is 0 Å². The molecular formula is C16H24N3O2+. The first-order valence-corrected chi connectivity index (χ1v) is 8.03. The highest BCUT2D eigenvalue weighted by molar-refractivity contribution is 5.51. The van der Waals surface area contributed by atoms with Crippen molar-refractivity contribution >= 4 is 11.4 Å². The number of non-ortho nitro benzene ring substituents is 1. The highest BCUT2D eigenvalue weighted by Gasteiger charge is 2.33. The van der Waals surface area contributed by atoms with Gasteiger partial charge in [0, 0.05) is 17.8 Å². The van der Waals surface area contributed by atoms with Crippen LogP contribution in [0.4, 0.5) is 11.4 Å². The van der Waals surface area contributed by atoms with Crippen LogP contribution < -0.4 is 4.90 Å². The van der Waals surface area contributed by atoms with Gasteiger partial charge in [-0.3, -0.25) is 10.1 Å². The first kappa shape index (κ1) is 14.3. The van der Waals surface area contributed by atoms with E-state index in [-0.39, 0.29) is 10.6 Å². The number of benzene rings is 1. The zero-order valence-electron chi connectivity index (χ0n) is 12.5. The molecule has 1 aromatic carbocycles. The number of anilines is 1. The molecule has 0 amide bonds. The lowest BCUT2D eigenvalue weighted by Gasteiger charge is -2.45. The third kappa shape index (κ3) is 3.18. The molecule has 0 unspecified atom stereocenters. The standard InChI is InChI=1S/C16H24N3O2/c20-18(21)16-7-5-15(6-8-16)17-9-13-19(14-10-17)11-3-1-2-4-12-19/h5-8H,1-4,9-14H2/q+1. The van der Waals surface area contributed by atoms with Crippen LogP contribution in [-0.4, -0.2) is 48.7 Å². The maximum absolute atomic E-state index is 10.7. The van der Waals surface area contributed by atoms with Crippen molar-refractivity contribution in [3.63, 3.8) is 0 Å². The summed E-state index contributed by atoms with van der Waals surface area (Å²) < 4.78 is 1.30. The second-order valence-electron chi connectivity index (χ2n) is 6.41. The Balaban J connectivity index is 1.63. The summed E-state index contributed by atoms with van der Waals surface area (Å²) in [7, 11) is 0. The number of rotatable bonds is 2. The summed E-state index contributed by atoms with van der Waals surface area (Å²) >= 11 is 0. The van der Waals surface area contributed by atoms with E-state index in [0.717, 1.165) is 18.8 Å². The third-order valence-corrected chi connectivity index (χ3v) is 5.13. The predicted molar refractivity (Wildman–Crippen MR) is 83.5 cm³/mol. The smallest absolute Gasteiger partial charge is 0.269 e. The second kappa shape index (κ2) is 6.02. The third-order valence-electron chi connectivity index (χ3n) is 5.13. The van der Waals surface area contributed by atoms with Crippen molar-refractivity contribution < 1.29 is 9.41 Å². The maximum atomic E-state index is 10.7. The lowest BCUT2D eigenvalue weighted by Crippen LogP contribution is -2.60. The molecule has 0 saturated carbocycles. The van der Waals surface area contributed by atoms with Gasteiger partial charge in [0.25, 0.3) is 5.69 Å². The van der Waals surface area contributed by atoms with Gasteiger partial charge < -0.3 is 9.38 Å². The Labute approximate surface area is 125 Å². The summed E-state index contributed by atoms with van der Waals surface area (Å²) in [6.07, 6.45) is 5.53. The molecule has 5 heteroatoms. The van der Waals surface area contributed by atoms with Crippen LogP contribution in [0.25, 0.3) is 0 Å². The summed E-state index contributed by atoms with van der Waals surface area (Å²) in [5.41, 5.74) is 1.29. The largest absolute Gasteiger partial charge is 0.360 e. The van der Waals surface area contributed by atoms with Crippen molar-refractivity contribution in [2.45, 2.75) is 25.7 Å². The molecule has 2 heterocycles. The molecule has 0 aromatic heterocycles. The van der Waals surface area contributed by atoms with E-state index in [1.807, 2.05) is 12.1 Å². The minimum Gasteiger partial charge on any atom is -0.360 e. The number of nitro benzene ring substituents is 1. The van der Waals surface area contributed by atoms with Gasteiger partial charge >= 0.3 is 0 Å². The van der Waals surface area contributed by atoms with Gasteiger partial charge in [0.2, 0.25) is 0 Å². The molecule has 1 aromatic rings. The first-order chi connectivity index (χ1) is 10.2. The number of nitrogens with zero attached hydrogens (tertiary/aromatic N) is 3. The number of quaternary nitrogens is 1. The van der Waals surface area contributed by atoms with Gasteiger partial charge in [-0.15, -0.1) is 0 Å². The van der Waals surface area contributed by atoms with Gasteiger partial charge in [0.15, 0.2) is 0 Å². The number of nitro groups is 1. The van der Waals surface area contributed by atoms with Crippen LogP contribution in [0.3, 0.4) is 0 Å². The van der Waals surface area contributed by atoms with Crippen molar-refractivity contribution in [1.82, 2.24) is 0 Å². The fourth-order valence-electron chi connectivity index (χ4n) is 3.74. The van der Waals surface area contributed by atoms with Crippen molar-refractivity contribution in [1.29, 1.82) is 0 Å². The minimum absolute atomic E-state index is 0.173. The van der Waals surface area contributed by atoms with E-state index in [0.29, 0.717) is 0 Å². The highest BCUT2D eigenvalue weighted by Crippen LogP contribution is 2.25. The molecule has 21 heavy (non-hydrogen) atoms. The summed E-state index contributed by atoms with van der Waals surface area (Å²) in [6, 6.07) is 6.99. The van der Waals surface area contributed by atoms with Gasteiger partial charge in [-0.25, -0.2) is 0 Å². The van der Waals surface area contributed by atoms with Crippen LogP contribution in [-0.2, 0) is 0 Å². The van der Waals surface area contributed by atoms with Gasteiger partial charge in [0.05, 0.1) is 44.2 Å². The summed E-state index contributed by atoms with van der Waals surface area (Å²) in [5.74, 6) is 0. The van der Waals surface area contributed by atoms with Gasteiger partial charge in [-0.1, -0.05) is 0 Å². The average Bonchev–Trinajstić information content (AvgIpc) is 2.74. The Bertz CT molecular complexity index is 483. The van der Waals surface area contributed by atoms with Gasteiger partial charge in [-0.05, 0) is 37.8 Å². The number of piperazine rings is 1. The molecule has 2 aliphatic heterocycles. The highest BCUT2D eigenvalue weighted by atomic mass is 16.6. The average molecular weight is 290 g/mol. The summed E-state index contributed by atoms with van der Waals surface area (Å²) in [6.45, 7) is 7.26. The van der Waals surface area contributed by atoms with E-state index >= 15 is 0 Å². The lowest BCUT2D eigenvalue weighted by atomic mass is 10.2. The summed E-state index contributed by atoms with van der Waals surface area (Å²) in [5, 5.41) is 10.7. The molecule has 0 bridgehead atoms. The maximum Gasteiger partial charge on any atom is 0.269 e. The Morgan fingerprint density at radius 2 is 1.48 bits per heavy atom. The SMILES string of the molecule is O=[N+]([O-])c1ccc(N2CC[N+]3(CCCCCC3)CC2)cc1. The Kier molecular flexibility index (Phi) is 4.10. The Hall–Kier alpha value is -1.62. The van der Waals surface area contributed by atoms with Crippen molar-refractivity contribution in [2.75, 3.05) is 44.2 Å². The van der Waals surface area contributed by atoms with Crippen LogP contribution in [0.15, 0.2) is 24.3 Å². The molecular weight excluding hydrogens is 266 g/mol. The molecule has 0 atom stereocenters. The monoisotopic (exact) mass is 290 g/mol. The van der Waals surface area contributed by atoms with E-state index in [1.165, 1.54) is 56.3 Å². The molecule has 1 spiro atoms. The minimum atomic E-state index is -0.336. The predicted octanol–water partition coefficient (Wildman–Crippen LogP) is 2.81. The fraction of sp³-hybridized carbons (Fsp3) is 0.625. The molecule has 5 nitrogen and oxygen atoms in total. The summed E-state index contributed by atoms with van der Waals surface area (Å²) in [4.78, 5) is 12.8. The van der Waals surface area contributed by atoms with Gasteiger partial charge in [0.1, 0.15) is 0 Å². The zero-order valence-corrected chi connectivity index (χ0v) is 12.5. The number of hydrogen-bond acceptors (Lipinski definition) is 3. The van der Waals surface area contributed by atoms with Crippen molar-refractivity contribution in [3.05, 3.63) is 34.4 Å². The van der Waals surface area contributed by atoms with Crippen LogP contribution in [0.2, 0.25) is 0 Å². The fourth-order valence-corrected chi connectivity index (χ4v) is 3.74. The van der Waals surface area contributed by atoms with E-state index in [4.69, 9.17) is 0 Å². The van der Waals surface area contributed by atoms with E-state index < -0.39 is 0 Å². The number of hydrogen-bond donors (Lipinski definition) is 0. The molecule has 0 radical (unpaired) electrons. The normalized spacial score (nSPS) is 22.0. The Morgan fingerprint density at radius 3 is 2.00 bits per heavy atom. The lowest BCUT2D eigenvalue weighted by molar-refractivity contribution is -0.927. The van der Waals surface area contributed by atoms with E-state index in [2.05, 4.69) is 4.90 Å². The van der Waals surface area contributed by atoms with Crippen LogP contribution in [0.1, 0.15) is 25.7 Å². The Morgan fingerprint density at radius 1 is 0.905 bits per heavy atom. The molecule has 114 valence electrons. The molecule has 0 aliphatic carbocycles. The van der Waals surface area contributed by atoms with Crippen molar-refractivity contribution in [2.24, 2.45) is 0 Å². The van der Waals surface area contributed by atoms with E-state index in [1.54, 1.807) is 12.1 Å². The topological polar surface area (TPSA) is 46.4 Å². The van der Waals surface area contributed by atoms with E-state index in [9.17, 15) is 10.1 Å². The second-order valence-corrected chi connectivity index (χ2v) is 6.41. The van der Waals surface area contributed by atoms with Gasteiger partial charge in [-0.2, -0.15) is 0 Å². The zero-order chi connectivity index (χ0) is 14.7.